The van der Waals surface area contributed by atoms with Crippen molar-refractivity contribution in [2.75, 3.05) is 5.32 Å². The van der Waals surface area contributed by atoms with Crippen LogP contribution in [0.3, 0.4) is 0 Å². The molecule has 0 bridgehead atoms. The molecule has 0 saturated carbocycles. The van der Waals surface area contributed by atoms with Crippen LogP contribution >= 0.6 is 0 Å². The number of nitro groups is 1. The largest absolute Gasteiger partial charge is 0.321 e. The zero-order valence-corrected chi connectivity index (χ0v) is 10.1. The van der Waals surface area contributed by atoms with Crippen LogP contribution in [0.4, 0.5) is 15.8 Å². The van der Waals surface area contributed by atoms with Gasteiger partial charge in [0.05, 0.1) is 16.7 Å². The molecule has 2 rings (SSSR count). The van der Waals surface area contributed by atoms with Crippen LogP contribution in [-0.2, 0) is 9.59 Å². The number of anilines is 1. The molecule has 0 aliphatic carbocycles. The van der Waals surface area contributed by atoms with Crippen LogP contribution in [0.15, 0.2) is 23.3 Å². The fourth-order valence-corrected chi connectivity index (χ4v) is 1.59. The van der Waals surface area contributed by atoms with E-state index >= 15 is 0 Å². The molecule has 1 heterocycles. The lowest BCUT2D eigenvalue weighted by Crippen LogP contribution is -2.32. The highest BCUT2D eigenvalue weighted by atomic mass is 19.1. The van der Waals surface area contributed by atoms with E-state index in [1.807, 2.05) is 0 Å². The lowest BCUT2D eigenvalue weighted by atomic mass is 10.1. The lowest BCUT2D eigenvalue weighted by molar-refractivity contribution is -0.385. The quantitative estimate of drug-likeness (QED) is 0.633. The third-order valence-corrected chi connectivity index (χ3v) is 2.52. The molecule has 0 aromatic heterocycles. The topological polar surface area (TPSA) is 114 Å². The minimum Gasteiger partial charge on any atom is -0.321 e. The van der Waals surface area contributed by atoms with Crippen molar-refractivity contribution in [1.82, 2.24) is 5.43 Å². The molecular formula is C11H9FN4O4. The zero-order chi connectivity index (χ0) is 14.7. The molecule has 0 atom stereocenters. The predicted molar refractivity (Wildman–Crippen MR) is 66.5 cm³/mol. The van der Waals surface area contributed by atoms with Gasteiger partial charge in [-0.15, -0.1) is 0 Å². The van der Waals surface area contributed by atoms with Crippen LogP contribution in [-0.4, -0.2) is 22.4 Å². The van der Waals surface area contributed by atoms with E-state index in [9.17, 15) is 24.1 Å². The van der Waals surface area contributed by atoms with Gasteiger partial charge in [-0.25, -0.2) is 9.82 Å². The van der Waals surface area contributed by atoms with Crippen molar-refractivity contribution < 1.29 is 18.9 Å². The van der Waals surface area contributed by atoms with Crippen molar-refractivity contribution in [3.8, 4) is 0 Å². The summed E-state index contributed by atoms with van der Waals surface area (Å²) >= 11 is 0. The van der Waals surface area contributed by atoms with Crippen molar-refractivity contribution in [2.45, 2.75) is 12.8 Å². The number of amides is 2. The van der Waals surface area contributed by atoms with Crippen molar-refractivity contribution >= 4 is 28.9 Å². The summed E-state index contributed by atoms with van der Waals surface area (Å²) in [7, 11) is 0. The van der Waals surface area contributed by atoms with Gasteiger partial charge in [0.15, 0.2) is 0 Å². The molecule has 0 spiro atoms. The van der Waals surface area contributed by atoms with Crippen LogP contribution in [0.25, 0.3) is 0 Å². The second-order valence-corrected chi connectivity index (χ2v) is 4.00. The number of non-ortho nitro benzene ring substituents is 1. The van der Waals surface area contributed by atoms with Gasteiger partial charge in [0.1, 0.15) is 11.5 Å². The number of hydrazone groups is 1. The summed E-state index contributed by atoms with van der Waals surface area (Å²) in [5.41, 5.74) is 1.68. The molecule has 0 fully saturated rings. The summed E-state index contributed by atoms with van der Waals surface area (Å²) in [6.07, 6.45) is 0.268. The highest BCUT2D eigenvalue weighted by molar-refractivity contribution is 6.43. The van der Waals surface area contributed by atoms with Crippen LogP contribution in [0, 0.1) is 15.9 Å². The Bertz CT molecular complexity index is 629. The molecule has 0 saturated heterocycles. The van der Waals surface area contributed by atoms with Crippen molar-refractivity contribution in [2.24, 2.45) is 5.10 Å². The van der Waals surface area contributed by atoms with Crippen LogP contribution in [0.5, 0.6) is 0 Å². The second-order valence-electron chi connectivity index (χ2n) is 4.00. The normalized spacial score (nSPS) is 14.2. The Morgan fingerprint density at radius 1 is 1.40 bits per heavy atom. The monoisotopic (exact) mass is 280 g/mol. The van der Waals surface area contributed by atoms with Crippen LogP contribution < -0.4 is 10.7 Å². The Kier molecular flexibility index (Phi) is 3.69. The van der Waals surface area contributed by atoms with E-state index in [2.05, 4.69) is 15.8 Å². The van der Waals surface area contributed by atoms with Gasteiger partial charge in [0, 0.05) is 18.9 Å². The third kappa shape index (κ3) is 3.13. The van der Waals surface area contributed by atoms with Gasteiger partial charge in [-0.1, -0.05) is 0 Å². The minimum atomic E-state index is -0.839. The fraction of sp³-hybridized carbons (Fsp3) is 0.182. The third-order valence-electron chi connectivity index (χ3n) is 2.52. The SMILES string of the molecule is O=C1CCC(C(=O)Nc2cc(F)cc([N+](=O)[O-])c2)=NN1. The van der Waals surface area contributed by atoms with Crippen molar-refractivity contribution in [3.63, 3.8) is 0 Å². The zero-order valence-electron chi connectivity index (χ0n) is 10.1. The Balaban J connectivity index is 2.15. The number of carbonyl (C=O) groups is 2. The average Bonchev–Trinajstić information content (AvgIpc) is 2.38. The van der Waals surface area contributed by atoms with Gasteiger partial charge < -0.3 is 5.32 Å². The van der Waals surface area contributed by atoms with Gasteiger partial charge in [0.25, 0.3) is 11.6 Å². The molecule has 0 radical (unpaired) electrons. The standard InChI is InChI=1S/C11H9FN4O4/c12-6-3-7(5-8(4-6)16(19)20)13-11(18)9-1-2-10(17)15-14-9/h3-5H,1-2H2,(H,13,18)(H,15,17). The first-order valence-electron chi connectivity index (χ1n) is 5.57. The molecule has 1 aliphatic heterocycles. The minimum absolute atomic E-state index is 0.0544. The Labute approximate surface area is 111 Å². The van der Waals surface area contributed by atoms with E-state index in [1.54, 1.807) is 0 Å². The van der Waals surface area contributed by atoms with Crippen molar-refractivity contribution in [3.05, 3.63) is 34.1 Å². The smallest absolute Gasteiger partial charge is 0.274 e. The molecule has 9 heteroatoms. The molecule has 20 heavy (non-hydrogen) atoms. The Morgan fingerprint density at radius 2 is 2.15 bits per heavy atom. The van der Waals surface area contributed by atoms with Gasteiger partial charge in [-0.3, -0.25) is 19.7 Å². The van der Waals surface area contributed by atoms with Crippen molar-refractivity contribution in [1.29, 1.82) is 0 Å². The average molecular weight is 280 g/mol. The maximum Gasteiger partial charge on any atom is 0.274 e. The first-order chi connectivity index (χ1) is 9.45. The molecule has 0 unspecified atom stereocenters. The van der Waals surface area contributed by atoms with E-state index < -0.39 is 22.3 Å². The summed E-state index contributed by atoms with van der Waals surface area (Å²) in [5, 5.41) is 16.4. The number of nitrogens with zero attached hydrogens (tertiary/aromatic N) is 2. The number of rotatable bonds is 3. The molecule has 1 aromatic carbocycles. The summed E-state index contributed by atoms with van der Waals surface area (Å²) in [5.74, 6) is -1.79. The number of nitrogens with one attached hydrogen (secondary N) is 2. The number of hydrogen-bond acceptors (Lipinski definition) is 5. The molecule has 8 nitrogen and oxygen atoms in total. The van der Waals surface area contributed by atoms with Gasteiger partial charge >= 0.3 is 0 Å². The highest BCUT2D eigenvalue weighted by Crippen LogP contribution is 2.20. The number of halogens is 1. The first kappa shape index (κ1) is 13.6. The predicted octanol–water partition coefficient (Wildman–Crippen LogP) is 0.938. The number of benzene rings is 1. The van der Waals surface area contributed by atoms with Gasteiger partial charge in [-0.2, -0.15) is 5.10 Å². The maximum atomic E-state index is 13.2. The lowest BCUT2D eigenvalue weighted by Gasteiger charge is -2.11. The molecule has 2 N–H and O–H groups in total. The fourth-order valence-electron chi connectivity index (χ4n) is 1.59. The Hall–Kier alpha value is -2.84. The summed E-state index contributed by atoms with van der Waals surface area (Å²) in [4.78, 5) is 32.5. The van der Waals surface area contributed by atoms with Crippen LogP contribution in [0.1, 0.15) is 12.8 Å². The van der Waals surface area contributed by atoms with E-state index in [0.29, 0.717) is 0 Å². The molecule has 104 valence electrons. The van der Waals surface area contributed by atoms with E-state index in [1.165, 1.54) is 0 Å². The molecule has 1 aromatic rings. The molecule has 1 aliphatic rings. The summed E-state index contributed by atoms with van der Waals surface area (Å²) < 4.78 is 13.2. The number of carbonyl (C=O) groups excluding carboxylic acids is 2. The van der Waals surface area contributed by atoms with E-state index in [0.717, 1.165) is 18.2 Å². The summed E-state index contributed by atoms with van der Waals surface area (Å²) in [6.45, 7) is 0. The summed E-state index contributed by atoms with van der Waals surface area (Å²) in [6, 6.07) is 2.73. The number of nitro benzene ring substituents is 1. The maximum absolute atomic E-state index is 13.2. The van der Waals surface area contributed by atoms with E-state index in [-0.39, 0.29) is 30.1 Å². The van der Waals surface area contributed by atoms with Gasteiger partial charge in [0.2, 0.25) is 5.91 Å². The van der Waals surface area contributed by atoms with E-state index in [4.69, 9.17) is 0 Å². The first-order valence-corrected chi connectivity index (χ1v) is 5.57. The molecule has 2 amide bonds. The highest BCUT2D eigenvalue weighted by Gasteiger charge is 2.19. The molecular weight excluding hydrogens is 271 g/mol. The van der Waals surface area contributed by atoms with Gasteiger partial charge in [-0.05, 0) is 6.07 Å². The second kappa shape index (κ2) is 5.43. The van der Waals surface area contributed by atoms with Crippen LogP contribution in [0.2, 0.25) is 0 Å². The number of hydrogen-bond donors (Lipinski definition) is 2. The Morgan fingerprint density at radius 3 is 2.75 bits per heavy atom.